The van der Waals surface area contributed by atoms with E-state index in [0.29, 0.717) is 23.2 Å². The van der Waals surface area contributed by atoms with Crippen LogP contribution in [0, 0.1) is 11.7 Å². The topological polar surface area (TPSA) is 41.6 Å². The third-order valence-corrected chi connectivity index (χ3v) is 7.28. The highest BCUT2D eigenvalue weighted by molar-refractivity contribution is 6.35. The first kappa shape index (κ1) is 22.1. The summed E-state index contributed by atoms with van der Waals surface area (Å²) in [5, 5.41) is 0.882. The molecule has 8 heteroatoms. The smallest absolute Gasteiger partial charge is 0.341 e. The van der Waals surface area contributed by atoms with Crippen LogP contribution in [0.2, 0.25) is 5.02 Å². The molecule has 0 amide bonds. The first-order valence-corrected chi connectivity index (χ1v) is 11.4. The predicted molar refractivity (Wildman–Crippen MR) is 121 cm³/mol. The Morgan fingerprint density at radius 3 is 2.52 bits per heavy atom. The molecule has 1 atom stereocenters. The van der Waals surface area contributed by atoms with Crippen LogP contribution >= 0.6 is 11.6 Å². The number of benzene rings is 2. The Bertz CT molecular complexity index is 1320. The standard InChI is InChI=1S/C25H22ClF4N3/c1-13(24-32-22-11-16(25(28,29)30)10-20(26)23(22)33-24)14-2-4-15(5-3-14)18-8-9-31-21-7-6-17(27)12-19(18)21/h6-15H,2-5H2,1H3,(H,32,33)/t13-,14?,15?/m1/s1. The van der Waals surface area contributed by atoms with Gasteiger partial charge in [-0.1, -0.05) is 18.5 Å². The van der Waals surface area contributed by atoms with Gasteiger partial charge in [0.25, 0.3) is 0 Å². The minimum Gasteiger partial charge on any atom is -0.341 e. The third kappa shape index (κ3) is 4.19. The van der Waals surface area contributed by atoms with Crippen LogP contribution in [0.25, 0.3) is 21.9 Å². The molecule has 1 aliphatic rings. The van der Waals surface area contributed by atoms with Gasteiger partial charge in [-0.05, 0) is 79.5 Å². The number of alkyl halides is 3. The van der Waals surface area contributed by atoms with Gasteiger partial charge in [-0.25, -0.2) is 9.37 Å². The number of aromatic nitrogens is 3. The number of aromatic amines is 1. The maximum atomic E-state index is 13.8. The van der Waals surface area contributed by atoms with E-state index in [0.717, 1.165) is 54.3 Å². The van der Waals surface area contributed by atoms with E-state index in [4.69, 9.17) is 11.6 Å². The zero-order valence-electron chi connectivity index (χ0n) is 17.9. The fourth-order valence-electron chi connectivity index (χ4n) is 5.12. The van der Waals surface area contributed by atoms with E-state index < -0.39 is 11.7 Å². The van der Waals surface area contributed by atoms with E-state index in [9.17, 15) is 17.6 Å². The molecule has 0 radical (unpaired) electrons. The Morgan fingerprint density at radius 1 is 1.03 bits per heavy atom. The average molecular weight is 476 g/mol. The molecule has 0 unspecified atom stereocenters. The summed E-state index contributed by atoms with van der Waals surface area (Å²) in [5.41, 5.74) is 1.79. The van der Waals surface area contributed by atoms with Crippen molar-refractivity contribution in [1.29, 1.82) is 0 Å². The van der Waals surface area contributed by atoms with Gasteiger partial charge in [-0.15, -0.1) is 0 Å². The largest absolute Gasteiger partial charge is 0.416 e. The highest BCUT2D eigenvalue weighted by Crippen LogP contribution is 2.43. The summed E-state index contributed by atoms with van der Waals surface area (Å²) in [4.78, 5) is 12.0. The SMILES string of the molecule is C[C@@H](c1nc2cc(C(F)(F)F)cc(Cl)c2[nH]1)C1CCC(c2ccnc3ccc(F)cc23)CC1. The molecule has 0 saturated heterocycles. The van der Waals surface area contributed by atoms with Gasteiger partial charge in [0.05, 0.1) is 27.1 Å². The van der Waals surface area contributed by atoms with E-state index in [1.165, 1.54) is 6.07 Å². The number of pyridine rings is 1. The summed E-state index contributed by atoms with van der Waals surface area (Å²) in [7, 11) is 0. The maximum absolute atomic E-state index is 13.8. The summed E-state index contributed by atoms with van der Waals surface area (Å²) in [6, 6.07) is 8.64. The summed E-state index contributed by atoms with van der Waals surface area (Å²) < 4.78 is 53.2. The van der Waals surface area contributed by atoms with E-state index >= 15 is 0 Å². The molecule has 5 rings (SSSR count). The normalized spacial score (nSPS) is 20.4. The molecular weight excluding hydrogens is 454 g/mol. The van der Waals surface area contributed by atoms with Gasteiger partial charge in [-0.3, -0.25) is 4.98 Å². The quantitative estimate of drug-likeness (QED) is 0.305. The fourth-order valence-corrected chi connectivity index (χ4v) is 5.38. The van der Waals surface area contributed by atoms with Gasteiger partial charge < -0.3 is 4.98 Å². The maximum Gasteiger partial charge on any atom is 0.416 e. The minimum absolute atomic E-state index is 0.0197. The molecule has 172 valence electrons. The zero-order chi connectivity index (χ0) is 23.3. The molecule has 3 nitrogen and oxygen atoms in total. The number of halogens is 5. The fraction of sp³-hybridized carbons (Fsp3) is 0.360. The van der Waals surface area contributed by atoms with Crippen LogP contribution in [0.1, 0.15) is 61.4 Å². The Hall–Kier alpha value is -2.67. The lowest BCUT2D eigenvalue weighted by Gasteiger charge is -2.32. The number of hydrogen-bond acceptors (Lipinski definition) is 2. The van der Waals surface area contributed by atoms with Crippen molar-refractivity contribution in [1.82, 2.24) is 15.0 Å². The first-order valence-electron chi connectivity index (χ1n) is 11.0. The molecule has 2 heterocycles. The molecule has 1 fully saturated rings. The van der Waals surface area contributed by atoms with Gasteiger partial charge in [0.2, 0.25) is 0 Å². The molecule has 2 aromatic carbocycles. The van der Waals surface area contributed by atoms with E-state index in [1.54, 1.807) is 18.3 Å². The first-order chi connectivity index (χ1) is 15.7. The third-order valence-electron chi connectivity index (χ3n) is 6.98. The van der Waals surface area contributed by atoms with Crippen molar-refractivity contribution in [3.63, 3.8) is 0 Å². The van der Waals surface area contributed by atoms with Crippen molar-refractivity contribution in [2.75, 3.05) is 0 Å². The molecule has 2 aromatic heterocycles. The van der Waals surface area contributed by atoms with Gasteiger partial charge >= 0.3 is 6.18 Å². The van der Waals surface area contributed by atoms with E-state index in [1.807, 2.05) is 6.07 Å². The average Bonchev–Trinajstić information content (AvgIpc) is 3.23. The van der Waals surface area contributed by atoms with Gasteiger partial charge in [-0.2, -0.15) is 13.2 Å². The van der Waals surface area contributed by atoms with Crippen molar-refractivity contribution in [2.45, 2.75) is 50.6 Å². The van der Waals surface area contributed by atoms with Gasteiger partial charge in [0, 0.05) is 17.5 Å². The lowest BCUT2D eigenvalue weighted by atomic mass is 9.73. The Balaban J connectivity index is 1.35. The van der Waals surface area contributed by atoms with Crippen molar-refractivity contribution >= 4 is 33.5 Å². The molecule has 4 aromatic rings. The predicted octanol–water partition coefficient (Wildman–Crippen LogP) is 8.00. The molecule has 1 aliphatic carbocycles. The molecule has 0 bridgehead atoms. The molecule has 33 heavy (non-hydrogen) atoms. The molecule has 0 aliphatic heterocycles. The number of imidazole rings is 1. The number of nitrogens with one attached hydrogen (secondary N) is 1. The van der Waals surface area contributed by atoms with Gasteiger partial charge in [0.1, 0.15) is 11.6 Å². The zero-order valence-corrected chi connectivity index (χ0v) is 18.6. The van der Waals surface area contributed by atoms with E-state index in [-0.39, 0.29) is 22.3 Å². The number of H-pyrrole nitrogens is 1. The lowest BCUT2D eigenvalue weighted by Crippen LogP contribution is -2.19. The highest BCUT2D eigenvalue weighted by atomic mass is 35.5. The number of hydrogen-bond donors (Lipinski definition) is 1. The lowest BCUT2D eigenvalue weighted by molar-refractivity contribution is -0.137. The Kier molecular flexibility index (Phi) is 5.55. The Morgan fingerprint density at radius 2 is 1.79 bits per heavy atom. The molecular formula is C25H22ClF4N3. The van der Waals surface area contributed by atoms with Crippen LogP contribution in [0.4, 0.5) is 17.6 Å². The van der Waals surface area contributed by atoms with Crippen LogP contribution in [0.5, 0.6) is 0 Å². The minimum atomic E-state index is -4.47. The second-order valence-electron chi connectivity index (χ2n) is 8.93. The molecule has 0 spiro atoms. The van der Waals surface area contributed by atoms with Crippen molar-refractivity contribution < 1.29 is 17.6 Å². The van der Waals surface area contributed by atoms with Crippen LogP contribution in [0.3, 0.4) is 0 Å². The van der Waals surface area contributed by atoms with Crippen LogP contribution < -0.4 is 0 Å². The van der Waals surface area contributed by atoms with Gasteiger partial charge in [0.15, 0.2) is 0 Å². The number of fused-ring (bicyclic) bond motifs is 2. The number of rotatable bonds is 3. The summed E-state index contributed by atoms with van der Waals surface area (Å²) >= 11 is 6.11. The second-order valence-corrected chi connectivity index (χ2v) is 9.34. The molecule has 1 saturated carbocycles. The second kappa shape index (κ2) is 8.28. The monoisotopic (exact) mass is 475 g/mol. The van der Waals surface area contributed by atoms with Crippen LogP contribution in [0.15, 0.2) is 42.6 Å². The highest BCUT2D eigenvalue weighted by Gasteiger charge is 2.33. The Labute approximate surface area is 193 Å². The van der Waals surface area contributed by atoms with Crippen LogP contribution in [-0.4, -0.2) is 15.0 Å². The summed E-state index contributed by atoms with van der Waals surface area (Å²) in [6.07, 6.45) is 1.10. The van der Waals surface area contributed by atoms with E-state index in [2.05, 4.69) is 21.9 Å². The van der Waals surface area contributed by atoms with Crippen molar-refractivity contribution in [3.8, 4) is 0 Å². The number of nitrogens with zero attached hydrogens (tertiary/aromatic N) is 2. The van der Waals surface area contributed by atoms with Crippen molar-refractivity contribution in [3.05, 3.63) is 70.4 Å². The molecule has 1 N–H and O–H groups in total. The summed E-state index contributed by atoms with van der Waals surface area (Å²) in [6.45, 7) is 2.05. The van der Waals surface area contributed by atoms with Crippen LogP contribution in [-0.2, 0) is 6.18 Å². The van der Waals surface area contributed by atoms with Crippen molar-refractivity contribution in [2.24, 2.45) is 5.92 Å². The summed E-state index contributed by atoms with van der Waals surface area (Å²) in [5.74, 6) is 1.10.